The molecular formula is C13H22N2O. The van der Waals surface area contributed by atoms with Crippen LogP contribution in [0.15, 0.2) is 0 Å². The number of carbonyl (C=O) groups is 1. The second-order valence-corrected chi connectivity index (χ2v) is 5.74. The number of amides is 1. The third kappa shape index (κ3) is 1.65. The molecule has 0 aromatic carbocycles. The predicted molar refractivity (Wildman–Crippen MR) is 62.9 cm³/mol. The molecule has 0 heterocycles. The van der Waals surface area contributed by atoms with Crippen LogP contribution in [0.4, 0.5) is 0 Å². The Balaban J connectivity index is 1.40. The Labute approximate surface area is 97.4 Å². The largest absolute Gasteiger partial charge is 0.355 e. The normalized spacial score (nSPS) is 43.2. The van der Waals surface area contributed by atoms with Gasteiger partial charge in [0.15, 0.2) is 0 Å². The second kappa shape index (κ2) is 4.02. The molecule has 0 radical (unpaired) electrons. The number of rotatable bonds is 5. The van der Waals surface area contributed by atoms with Crippen LogP contribution in [0, 0.1) is 23.7 Å². The van der Waals surface area contributed by atoms with Crippen LogP contribution in [0.2, 0.25) is 0 Å². The molecule has 90 valence electrons. The summed E-state index contributed by atoms with van der Waals surface area (Å²) in [6.45, 7) is 3.41. The molecule has 16 heavy (non-hydrogen) atoms. The summed E-state index contributed by atoms with van der Waals surface area (Å²) >= 11 is 0. The maximum atomic E-state index is 11.5. The molecule has 0 aromatic heterocycles. The third-order valence-corrected chi connectivity index (χ3v) is 4.81. The van der Waals surface area contributed by atoms with Crippen LogP contribution < -0.4 is 10.6 Å². The molecule has 2 N–H and O–H groups in total. The summed E-state index contributed by atoms with van der Waals surface area (Å²) in [6.07, 6.45) is 5.40. The molecule has 3 nitrogen and oxygen atoms in total. The van der Waals surface area contributed by atoms with Crippen molar-refractivity contribution in [3.05, 3.63) is 0 Å². The standard InChI is InChI=1S/C13H22N2O/c1-2-5-14-10(16)7-15-13-11-8-3-4-9(6-8)12(11)13/h8-9,11-13,15H,2-7H2,1H3,(H,14,16). The van der Waals surface area contributed by atoms with Gasteiger partial charge in [0.2, 0.25) is 5.91 Å². The summed E-state index contributed by atoms with van der Waals surface area (Å²) < 4.78 is 0. The van der Waals surface area contributed by atoms with Gasteiger partial charge in [0.05, 0.1) is 6.54 Å². The molecule has 3 saturated carbocycles. The van der Waals surface area contributed by atoms with Crippen molar-refractivity contribution in [2.24, 2.45) is 23.7 Å². The first-order valence-corrected chi connectivity index (χ1v) is 6.81. The Morgan fingerprint density at radius 2 is 1.94 bits per heavy atom. The number of carbonyl (C=O) groups excluding carboxylic acids is 1. The second-order valence-electron chi connectivity index (χ2n) is 5.74. The van der Waals surface area contributed by atoms with Gasteiger partial charge in [-0.05, 0) is 49.4 Å². The first-order chi connectivity index (χ1) is 7.81. The third-order valence-electron chi connectivity index (χ3n) is 4.81. The highest BCUT2D eigenvalue weighted by Crippen LogP contribution is 2.65. The Morgan fingerprint density at radius 1 is 1.25 bits per heavy atom. The van der Waals surface area contributed by atoms with Crippen molar-refractivity contribution in [3.8, 4) is 0 Å². The minimum Gasteiger partial charge on any atom is -0.355 e. The minimum absolute atomic E-state index is 0.166. The van der Waals surface area contributed by atoms with E-state index in [0.29, 0.717) is 12.6 Å². The zero-order valence-corrected chi connectivity index (χ0v) is 10.0. The zero-order valence-electron chi connectivity index (χ0n) is 10.0. The van der Waals surface area contributed by atoms with E-state index < -0.39 is 0 Å². The average molecular weight is 222 g/mol. The topological polar surface area (TPSA) is 41.1 Å². The van der Waals surface area contributed by atoms with Crippen LogP contribution in [-0.2, 0) is 4.79 Å². The number of hydrogen-bond acceptors (Lipinski definition) is 2. The van der Waals surface area contributed by atoms with Crippen LogP contribution in [0.3, 0.4) is 0 Å². The van der Waals surface area contributed by atoms with Gasteiger partial charge in [0.25, 0.3) is 0 Å². The van der Waals surface area contributed by atoms with Gasteiger partial charge in [0, 0.05) is 12.6 Å². The number of hydrogen-bond donors (Lipinski definition) is 2. The summed E-state index contributed by atoms with van der Waals surface area (Å²) in [4.78, 5) is 11.5. The lowest BCUT2D eigenvalue weighted by Crippen LogP contribution is -2.36. The lowest BCUT2D eigenvalue weighted by molar-refractivity contribution is -0.120. The highest BCUT2D eigenvalue weighted by molar-refractivity contribution is 5.78. The van der Waals surface area contributed by atoms with Crippen LogP contribution in [-0.4, -0.2) is 25.0 Å². The molecule has 1 amide bonds. The quantitative estimate of drug-likeness (QED) is 0.732. The van der Waals surface area contributed by atoms with E-state index in [1.54, 1.807) is 0 Å². The van der Waals surface area contributed by atoms with Crippen molar-refractivity contribution in [3.63, 3.8) is 0 Å². The van der Waals surface area contributed by atoms with Gasteiger partial charge in [-0.25, -0.2) is 0 Å². The van der Waals surface area contributed by atoms with Gasteiger partial charge in [-0.15, -0.1) is 0 Å². The highest BCUT2D eigenvalue weighted by Gasteiger charge is 2.64. The summed E-state index contributed by atoms with van der Waals surface area (Å²) in [5, 5.41) is 6.37. The maximum absolute atomic E-state index is 11.5. The van der Waals surface area contributed by atoms with Gasteiger partial charge < -0.3 is 10.6 Å². The van der Waals surface area contributed by atoms with Gasteiger partial charge in [-0.2, -0.15) is 0 Å². The highest BCUT2D eigenvalue weighted by atomic mass is 16.1. The maximum Gasteiger partial charge on any atom is 0.233 e. The summed E-state index contributed by atoms with van der Waals surface area (Å²) in [7, 11) is 0. The van der Waals surface area contributed by atoms with Crippen LogP contribution in [0.25, 0.3) is 0 Å². The van der Waals surface area contributed by atoms with Crippen molar-refractivity contribution in [1.29, 1.82) is 0 Å². The monoisotopic (exact) mass is 222 g/mol. The van der Waals surface area contributed by atoms with Gasteiger partial charge >= 0.3 is 0 Å². The fraction of sp³-hybridized carbons (Fsp3) is 0.923. The molecule has 3 aliphatic rings. The van der Waals surface area contributed by atoms with E-state index in [9.17, 15) is 4.79 Å². The molecule has 3 fully saturated rings. The van der Waals surface area contributed by atoms with Crippen molar-refractivity contribution in [1.82, 2.24) is 10.6 Å². The van der Waals surface area contributed by atoms with Crippen LogP contribution in [0.1, 0.15) is 32.6 Å². The molecule has 3 rings (SSSR count). The molecule has 4 unspecified atom stereocenters. The minimum atomic E-state index is 0.166. The van der Waals surface area contributed by atoms with Crippen molar-refractivity contribution < 1.29 is 4.79 Å². The van der Waals surface area contributed by atoms with E-state index in [-0.39, 0.29) is 5.91 Å². The molecule has 4 atom stereocenters. The summed E-state index contributed by atoms with van der Waals surface area (Å²) in [5.41, 5.74) is 0. The summed E-state index contributed by atoms with van der Waals surface area (Å²) in [6, 6.07) is 0.679. The SMILES string of the molecule is CCCNC(=O)CNC1C2C3CCC(C3)C12. The van der Waals surface area contributed by atoms with E-state index >= 15 is 0 Å². The van der Waals surface area contributed by atoms with Gasteiger partial charge in [-0.1, -0.05) is 6.92 Å². The zero-order chi connectivity index (χ0) is 11.1. The van der Waals surface area contributed by atoms with E-state index in [4.69, 9.17) is 0 Å². The molecule has 2 bridgehead atoms. The Morgan fingerprint density at radius 3 is 2.56 bits per heavy atom. The molecule has 3 heteroatoms. The summed E-state index contributed by atoms with van der Waals surface area (Å²) in [5.74, 6) is 4.01. The first-order valence-electron chi connectivity index (χ1n) is 6.81. The Bertz CT molecular complexity index is 276. The van der Waals surface area contributed by atoms with E-state index in [1.165, 1.54) is 19.3 Å². The first kappa shape index (κ1) is 10.6. The van der Waals surface area contributed by atoms with Crippen LogP contribution >= 0.6 is 0 Å². The molecule has 0 aromatic rings. The average Bonchev–Trinajstić information content (AvgIpc) is 2.69. The Kier molecular flexibility index (Phi) is 2.66. The number of nitrogens with one attached hydrogen (secondary N) is 2. The molecular weight excluding hydrogens is 200 g/mol. The van der Waals surface area contributed by atoms with Crippen LogP contribution in [0.5, 0.6) is 0 Å². The fourth-order valence-electron chi connectivity index (χ4n) is 4.14. The molecule has 3 aliphatic carbocycles. The van der Waals surface area contributed by atoms with Crippen molar-refractivity contribution in [2.75, 3.05) is 13.1 Å². The lowest BCUT2D eigenvalue weighted by Gasteiger charge is -2.10. The fourth-order valence-corrected chi connectivity index (χ4v) is 4.14. The lowest BCUT2D eigenvalue weighted by atomic mass is 10.0. The van der Waals surface area contributed by atoms with E-state index in [1.807, 2.05) is 0 Å². The number of fused-ring (bicyclic) bond motifs is 5. The molecule has 0 saturated heterocycles. The van der Waals surface area contributed by atoms with Gasteiger partial charge in [-0.3, -0.25) is 4.79 Å². The smallest absolute Gasteiger partial charge is 0.233 e. The van der Waals surface area contributed by atoms with E-state index in [2.05, 4.69) is 17.6 Å². The Hall–Kier alpha value is -0.570. The van der Waals surface area contributed by atoms with Gasteiger partial charge in [0.1, 0.15) is 0 Å². The van der Waals surface area contributed by atoms with Crippen molar-refractivity contribution >= 4 is 5.91 Å². The van der Waals surface area contributed by atoms with Crippen molar-refractivity contribution in [2.45, 2.75) is 38.6 Å². The molecule has 0 spiro atoms. The van der Waals surface area contributed by atoms with E-state index in [0.717, 1.165) is 36.6 Å². The predicted octanol–water partition coefficient (Wildman–Crippen LogP) is 1.15. The molecule has 0 aliphatic heterocycles.